The van der Waals surface area contributed by atoms with Crippen molar-refractivity contribution < 1.29 is 31.1 Å². The molecule has 0 aliphatic rings. The number of rotatable bonds is 7. The first-order valence-electron chi connectivity index (χ1n) is 10.2. The number of carbonyl (C=O) groups is 1. The monoisotopic (exact) mass is 526 g/mol. The zero-order valence-electron chi connectivity index (χ0n) is 19.0. The Bertz CT molecular complexity index is 1360. The van der Waals surface area contributed by atoms with Crippen molar-refractivity contribution in [3.63, 3.8) is 0 Å². The SMILES string of the molecule is COc1ccc(C)cc1S(=O)(=O)N(CC(=O)Nc1cc(C(F)(F)F)ccc1Cl)c1cccc(C)c1. The molecule has 0 saturated heterocycles. The Morgan fingerprint density at radius 2 is 1.71 bits per heavy atom. The fourth-order valence-corrected chi connectivity index (χ4v) is 5.14. The Kier molecular flexibility index (Phi) is 7.66. The lowest BCUT2D eigenvalue weighted by molar-refractivity contribution is -0.137. The summed E-state index contributed by atoms with van der Waals surface area (Å²) in [6, 6.07) is 13.5. The molecule has 6 nitrogen and oxygen atoms in total. The molecule has 35 heavy (non-hydrogen) atoms. The minimum atomic E-state index is -4.65. The molecule has 0 atom stereocenters. The van der Waals surface area contributed by atoms with Gasteiger partial charge >= 0.3 is 6.18 Å². The fourth-order valence-electron chi connectivity index (χ4n) is 3.32. The summed E-state index contributed by atoms with van der Waals surface area (Å²) in [7, 11) is -3.01. The van der Waals surface area contributed by atoms with E-state index in [-0.39, 0.29) is 27.0 Å². The van der Waals surface area contributed by atoms with Crippen LogP contribution in [-0.2, 0) is 21.0 Å². The molecule has 0 heterocycles. The Morgan fingerprint density at radius 1 is 1.03 bits per heavy atom. The average molecular weight is 527 g/mol. The van der Waals surface area contributed by atoms with Crippen molar-refractivity contribution in [2.24, 2.45) is 0 Å². The van der Waals surface area contributed by atoms with E-state index in [2.05, 4.69) is 5.32 Å². The number of nitrogens with one attached hydrogen (secondary N) is 1. The summed E-state index contributed by atoms with van der Waals surface area (Å²) in [6.45, 7) is 2.73. The van der Waals surface area contributed by atoms with Gasteiger partial charge in [0.25, 0.3) is 10.0 Å². The Morgan fingerprint density at radius 3 is 2.34 bits per heavy atom. The standard InChI is InChI=1S/C24H22ClF3N2O4S/c1-15-5-4-6-18(11-15)30(35(32,33)22-12-16(2)7-10-21(22)34-3)14-23(31)29-20-13-17(24(26,27)28)8-9-19(20)25/h4-13H,14H2,1-3H3,(H,29,31). The smallest absolute Gasteiger partial charge is 0.416 e. The summed E-state index contributed by atoms with van der Waals surface area (Å²) in [4.78, 5) is 12.7. The molecular weight excluding hydrogens is 505 g/mol. The number of halogens is 4. The lowest BCUT2D eigenvalue weighted by atomic mass is 10.2. The highest BCUT2D eigenvalue weighted by Crippen LogP contribution is 2.34. The number of ether oxygens (including phenoxy) is 1. The Hall–Kier alpha value is -3.24. The molecule has 1 N–H and O–H groups in total. The van der Waals surface area contributed by atoms with Gasteiger partial charge in [0.05, 0.1) is 29.1 Å². The van der Waals surface area contributed by atoms with Crippen LogP contribution in [0.2, 0.25) is 5.02 Å². The van der Waals surface area contributed by atoms with Crippen molar-refractivity contribution in [3.8, 4) is 5.75 Å². The number of benzene rings is 3. The van der Waals surface area contributed by atoms with Crippen LogP contribution in [0, 0.1) is 13.8 Å². The number of amides is 1. The van der Waals surface area contributed by atoms with Crippen LogP contribution in [0.1, 0.15) is 16.7 Å². The highest BCUT2D eigenvalue weighted by molar-refractivity contribution is 7.93. The first-order chi connectivity index (χ1) is 16.3. The van der Waals surface area contributed by atoms with Crippen LogP contribution in [0.4, 0.5) is 24.5 Å². The first kappa shape index (κ1) is 26.4. The molecule has 11 heteroatoms. The summed E-state index contributed by atoms with van der Waals surface area (Å²) >= 11 is 5.98. The van der Waals surface area contributed by atoms with Gasteiger partial charge < -0.3 is 10.1 Å². The maximum absolute atomic E-state index is 13.7. The number of sulfonamides is 1. The molecule has 0 aliphatic heterocycles. The average Bonchev–Trinajstić information content (AvgIpc) is 2.78. The van der Waals surface area contributed by atoms with Gasteiger partial charge in [-0.05, 0) is 67.4 Å². The first-order valence-corrected chi connectivity index (χ1v) is 12.1. The molecule has 0 spiro atoms. The summed E-state index contributed by atoms with van der Waals surface area (Å²) in [5.41, 5.74) is 0.277. The minimum absolute atomic E-state index is 0.0783. The molecule has 0 saturated carbocycles. The van der Waals surface area contributed by atoms with Crippen LogP contribution in [-0.4, -0.2) is 28.0 Å². The van der Waals surface area contributed by atoms with Gasteiger partial charge in [-0.2, -0.15) is 13.2 Å². The number of carbonyl (C=O) groups excluding carboxylic acids is 1. The summed E-state index contributed by atoms with van der Waals surface area (Å²) in [5, 5.41) is 2.16. The van der Waals surface area contributed by atoms with Crippen LogP contribution in [0.15, 0.2) is 65.6 Å². The molecule has 186 valence electrons. The predicted molar refractivity (Wildman–Crippen MR) is 129 cm³/mol. The molecule has 0 aliphatic carbocycles. The van der Waals surface area contributed by atoms with Crippen molar-refractivity contribution in [3.05, 3.63) is 82.4 Å². The van der Waals surface area contributed by atoms with Gasteiger partial charge in [0, 0.05) is 0 Å². The molecule has 0 radical (unpaired) electrons. The second-order valence-electron chi connectivity index (χ2n) is 7.75. The Balaban J connectivity index is 2.03. The maximum Gasteiger partial charge on any atom is 0.416 e. The zero-order valence-corrected chi connectivity index (χ0v) is 20.6. The normalized spacial score (nSPS) is 11.7. The van der Waals surface area contributed by atoms with Crippen LogP contribution in [0.3, 0.4) is 0 Å². The summed E-state index contributed by atoms with van der Waals surface area (Å²) < 4.78 is 72.8. The van der Waals surface area contributed by atoms with E-state index in [1.807, 2.05) is 0 Å². The Labute approximate surface area is 206 Å². The third kappa shape index (κ3) is 6.07. The molecule has 1 amide bonds. The van der Waals surface area contributed by atoms with Crippen molar-refractivity contribution in [2.75, 3.05) is 23.3 Å². The molecular formula is C24H22ClF3N2O4S. The number of nitrogens with zero attached hydrogens (tertiary/aromatic N) is 1. The van der Waals surface area contributed by atoms with Crippen LogP contribution in [0.25, 0.3) is 0 Å². The van der Waals surface area contributed by atoms with E-state index in [1.165, 1.54) is 25.3 Å². The number of hydrogen-bond acceptors (Lipinski definition) is 4. The van der Waals surface area contributed by atoms with Crippen LogP contribution in [0.5, 0.6) is 5.75 Å². The lowest BCUT2D eigenvalue weighted by Crippen LogP contribution is -2.38. The predicted octanol–water partition coefficient (Wildman–Crippen LogP) is 5.82. The molecule has 3 rings (SSSR count). The quantitative estimate of drug-likeness (QED) is 0.421. The van der Waals surface area contributed by atoms with E-state index >= 15 is 0 Å². The molecule has 0 bridgehead atoms. The molecule has 3 aromatic rings. The van der Waals surface area contributed by atoms with Gasteiger partial charge in [-0.25, -0.2) is 8.42 Å². The molecule has 3 aromatic carbocycles. The van der Waals surface area contributed by atoms with E-state index in [0.717, 1.165) is 22.0 Å². The van der Waals surface area contributed by atoms with Crippen molar-refractivity contribution >= 4 is 38.9 Å². The van der Waals surface area contributed by atoms with Gasteiger partial charge in [-0.1, -0.05) is 29.8 Å². The van der Waals surface area contributed by atoms with Crippen molar-refractivity contribution in [1.29, 1.82) is 0 Å². The number of anilines is 2. The fraction of sp³-hybridized carbons (Fsp3) is 0.208. The van der Waals surface area contributed by atoms with Gasteiger partial charge in [-0.15, -0.1) is 0 Å². The number of hydrogen-bond donors (Lipinski definition) is 1. The van der Waals surface area contributed by atoms with Crippen LogP contribution >= 0.6 is 11.6 Å². The van der Waals surface area contributed by atoms with Crippen molar-refractivity contribution in [1.82, 2.24) is 0 Å². The van der Waals surface area contributed by atoms with Gasteiger partial charge in [-0.3, -0.25) is 9.10 Å². The topological polar surface area (TPSA) is 75.7 Å². The summed E-state index contributed by atoms with van der Waals surface area (Å²) in [6.07, 6.45) is -4.65. The van der Waals surface area contributed by atoms with Gasteiger partial charge in [0.1, 0.15) is 17.2 Å². The van der Waals surface area contributed by atoms with Gasteiger partial charge in [0.2, 0.25) is 5.91 Å². The second-order valence-corrected chi connectivity index (χ2v) is 9.98. The largest absolute Gasteiger partial charge is 0.495 e. The van der Waals surface area contributed by atoms with Crippen LogP contribution < -0.4 is 14.4 Å². The zero-order chi connectivity index (χ0) is 26.0. The summed E-state index contributed by atoms with van der Waals surface area (Å²) in [5.74, 6) is -0.808. The van der Waals surface area contributed by atoms with E-state index in [4.69, 9.17) is 16.3 Å². The highest BCUT2D eigenvalue weighted by Gasteiger charge is 2.32. The van der Waals surface area contributed by atoms with E-state index in [9.17, 15) is 26.4 Å². The highest BCUT2D eigenvalue weighted by atomic mass is 35.5. The molecule has 0 aromatic heterocycles. The molecule has 0 fully saturated rings. The minimum Gasteiger partial charge on any atom is -0.495 e. The second kappa shape index (κ2) is 10.2. The third-order valence-electron chi connectivity index (χ3n) is 5.03. The third-order valence-corrected chi connectivity index (χ3v) is 7.16. The number of methoxy groups -OCH3 is 1. The molecule has 0 unspecified atom stereocenters. The van der Waals surface area contributed by atoms with E-state index < -0.39 is 34.2 Å². The number of alkyl halides is 3. The lowest BCUT2D eigenvalue weighted by Gasteiger charge is -2.25. The van der Waals surface area contributed by atoms with E-state index in [1.54, 1.807) is 38.1 Å². The van der Waals surface area contributed by atoms with Crippen molar-refractivity contribution in [2.45, 2.75) is 24.9 Å². The maximum atomic E-state index is 13.7. The van der Waals surface area contributed by atoms with E-state index in [0.29, 0.717) is 11.6 Å². The van der Waals surface area contributed by atoms with Gasteiger partial charge in [0.15, 0.2) is 0 Å². The number of aryl methyl sites for hydroxylation is 2.